The second-order valence-electron chi connectivity index (χ2n) is 6.00. The zero-order valence-electron chi connectivity index (χ0n) is 14.5. The van der Waals surface area contributed by atoms with Crippen molar-refractivity contribution >= 4 is 5.82 Å². The van der Waals surface area contributed by atoms with Gasteiger partial charge in [0.15, 0.2) is 0 Å². The summed E-state index contributed by atoms with van der Waals surface area (Å²) in [6.07, 6.45) is 2.30. The highest BCUT2D eigenvalue weighted by Gasteiger charge is 2.17. The lowest BCUT2D eigenvalue weighted by Gasteiger charge is -2.16. The molecule has 0 saturated carbocycles. The fraction of sp³-hybridized carbons (Fsp3) is 0.316. The fourth-order valence-electron chi connectivity index (χ4n) is 2.73. The molecule has 25 heavy (non-hydrogen) atoms. The summed E-state index contributed by atoms with van der Waals surface area (Å²) < 4.78 is 0. The number of nitriles is 2. The van der Waals surface area contributed by atoms with Crippen LogP contribution in [0.1, 0.15) is 36.5 Å². The van der Waals surface area contributed by atoms with E-state index in [1.807, 2.05) is 36.4 Å². The van der Waals surface area contributed by atoms with E-state index in [4.69, 9.17) is 5.73 Å². The average Bonchev–Trinajstić information content (AvgIpc) is 2.60. The monoisotopic (exact) mass is 335 g/mol. The summed E-state index contributed by atoms with van der Waals surface area (Å²) in [5, 5.41) is 18.7. The topological polar surface area (TPSA) is 110 Å². The van der Waals surface area contributed by atoms with E-state index in [9.17, 15) is 15.3 Å². The third kappa shape index (κ3) is 4.06. The SMILES string of the molecule is CCCCN(C)Cc1ccc(-c2c(C#N)c(N)[nH]c(=O)c2C#N)cc1. The van der Waals surface area contributed by atoms with Gasteiger partial charge in [-0.3, -0.25) is 4.79 Å². The first-order valence-electron chi connectivity index (χ1n) is 8.15. The Bertz CT molecular complexity index is 884. The zero-order chi connectivity index (χ0) is 18.4. The van der Waals surface area contributed by atoms with E-state index in [1.54, 1.807) is 0 Å². The molecule has 6 nitrogen and oxygen atoms in total. The summed E-state index contributed by atoms with van der Waals surface area (Å²) in [5.41, 5.74) is 7.21. The maximum absolute atomic E-state index is 12.0. The Hall–Kier alpha value is -3.09. The minimum atomic E-state index is -0.586. The van der Waals surface area contributed by atoms with Gasteiger partial charge in [-0.15, -0.1) is 0 Å². The molecule has 0 aliphatic heterocycles. The number of pyridine rings is 1. The van der Waals surface area contributed by atoms with Gasteiger partial charge in [-0.05, 0) is 31.1 Å². The lowest BCUT2D eigenvalue weighted by molar-refractivity contribution is 0.321. The maximum Gasteiger partial charge on any atom is 0.268 e. The Morgan fingerprint density at radius 2 is 1.80 bits per heavy atom. The molecule has 0 fully saturated rings. The number of benzene rings is 1. The molecule has 0 aliphatic rings. The van der Waals surface area contributed by atoms with Gasteiger partial charge in [0.25, 0.3) is 5.56 Å². The molecule has 1 aromatic heterocycles. The van der Waals surface area contributed by atoms with Gasteiger partial charge < -0.3 is 15.6 Å². The van der Waals surface area contributed by atoms with Gasteiger partial charge >= 0.3 is 0 Å². The number of hydrogen-bond donors (Lipinski definition) is 2. The Morgan fingerprint density at radius 3 is 2.36 bits per heavy atom. The molecule has 1 aromatic carbocycles. The molecule has 128 valence electrons. The number of aromatic amines is 1. The second-order valence-corrected chi connectivity index (χ2v) is 6.00. The van der Waals surface area contributed by atoms with Crippen molar-refractivity contribution in [2.75, 3.05) is 19.3 Å². The first-order chi connectivity index (χ1) is 12.0. The molecule has 1 heterocycles. The number of unbranched alkanes of at least 4 members (excludes halogenated alkanes) is 1. The summed E-state index contributed by atoms with van der Waals surface area (Å²) in [7, 11) is 2.07. The van der Waals surface area contributed by atoms with Gasteiger partial charge in [0.2, 0.25) is 0 Å². The van der Waals surface area contributed by atoms with Crippen LogP contribution in [0.2, 0.25) is 0 Å². The van der Waals surface area contributed by atoms with Crippen LogP contribution in [0.4, 0.5) is 5.82 Å². The molecule has 0 spiro atoms. The van der Waals surface area contributed by atoms with Crippen molar-refractivity contribution in [3.05, 3.63) is 51.3 Å². The van der Waals surface area contributed by atoms with Crippen LogP contribution in [0.5, 0.6) is 0 Å². The Kier molecular flexibility index (Phi) is 5.94. The standard InChI is InChI=1S/C19H21N5O/c1-3-4-9-24(2)12-13-5-7-14(8-6-13)17-15(10-20)18(22)23-19(25)16(17)11-21/h5-8H,3-4,9,12H2,1-2H3,(H3,22,23,25). The van der Waals surface area contributed by atoms with Crippen molar-refractivity contribution in [2.24, 2.45) is 0 Å². The van der Waals surface area contributed by atoms with Crippen molar-refractivity contribution < 1.29 is 0 Å². The van der Waals surface area contributed by atoms with Crippen LogP contribution in [0.3, 0.4) is 0 Å². The molecule has 0 radical (unpaired) electrons. The quantitative estimate of drug-likeness (QED) is 0.843. The highest BCUT2D eigenvalue weighted by molar-refractivity contribution is 5.80. The number of nitrogen functional groups attached to an aromatic ring is 1. The minimum absolute atomic E-state index is 0.0233. The van der Waals surface area contributed by atoms with E-state index in [2.05, 4.69) is 23.9 Å². The Balaban J connectivity index is 2.40. The van der Waals surface area contributed by atoms with Gasteiger partial charge in [0, 0.05) is 12.1 Å². The molecular weight excluding hydrogens is 314 g/mol. The predicted molar refractivity (Wildman–Crippen MR) is 97.6 cm³/mol. The maximum atomic E-state index is 12.0. The number of nitrogens with zero attached hydrogens (tertiary/aromatic N) is 3. The summed E-state index contributed by atoms with van der Waals surface area (Å²) in [6.45, 7) is 4.00. The molecule has 0 bridgehead atoms. The molecule has 2 rings (SSSR count). The molecule has 0 amide bonds. The van der Waals surface area contributed by atoms with Crippen LogP contribution >= 0.6 is 0 Å². The normalized spacial score (nSPS) is 10.4. The van der Waals surface area contributed by atoms with E-state index in [-0.39, 0.29) is 22.5 Å². The molecule has 0 atom stereocenters. The molecule has 3 N–H and O–H groups in total. The molecule has 2 aromatic rings. The molecule has 0 unspecified atom stereocenters. The summed E-state index contributed by atoms with van der Waals surface area (Å²) in [4.78, 5) is 16.6. The summed E-state index contributed by atoms with van der Waals surface area (Å²) in [5.74, 6) is -0.0233. The molecule has 0 saturated heterocycles. The highest BCUT2D eigenvalue weighted by Crippen LogP contribution is 2.28. The first kappa shape index (κ1) is 18.3. The van der Waals surface area contributed by atoms with Gasteiger partial charge in [0.05, 0.1) is 0 Å². The van der Waals surface area contributed by atoms with Crippen LogP contribution in [-0.4, -0.2) is 23.5 Å². The summed E-state index contributed by atoms with van der Waals surface area (Å²) in [6, 6.07) is 11.4. The number of rotatable bonds is 6. The minimum Gasteiger partial charge on any atom is -0.384 e. The third-order valence-electron chi connectivity index (χ3n) is 4.06. The number of H-pyrrole nitrogens is 1. The van der Waals surface area contributed by atoms with Crippen molar-refractivity contribution in [1.29, 1.82) is 10.5 Å². The second kappa shape index (κ2) is 8.14. The first-order valence-corrected chi connectivity index (χ1v) is 8.15. The largest absolute Gasteiger partial charge is 0.384 e. The van der Waals surface area contributed by atoms with Crippen LogP contribution in [0.15, 0.2) is 29.1 Å². The van der Waals surface area contributed by atoms with E-state index < -0.39 is 5.56 Å². The number of hydrogen-bond acceptors (Lipinski definition) is 5. The van der Waals surface area contributed by atoms with Crippen molar-refractivity contribution in [3.8, 4) is 23.3 Å². The molecule has 6 heteroatoms. The van der Waals surface area contributed by atoms with Gasteiger partial charge in [-0.1, -0.05) is 37.6 Å². The van der Waals surface area contributed by atoms with E-state index in [0.29, 0.717) is 5.56 Å². The van der Waals surface area contributed by atoms with Gasteiger partial charge in [-0.2, -0.15) is 10.5 Å². The number of aromatic nitrogens is 1. The van der Waals surface area contributed by atoms with Crippen molar-refractivity contribution in [1.82, 2.24) is 9.88 Å². The van der Waals surface area contributed by atoms with Gasteiger partial charge in [0.1, 0.15) is 29.1 Å². The Labute approximate surface area is 147 Å². The van der Waals surface area contributed by atoms with E-state index in [1.165, 1.54) is 0 Å². The van der Waals surface area contributed by atoms with E-state index >= 15 is 0 Å². The zero-order valence-corrected chi connectivity index (χ0v) is 14.5. The number of nitrogens with one attached hydrogen (secondary N) is 1. The highest BCUT2D eigenvalue weighted by atomic mass is 16.1. The Morgan fingerprint density at radius 1 is 1.16 bits per heavy atom. The number of nitrogens with two attached hydrogens (primary N) is 1. The van der Waals surface area contributed by atoms with Crippen molar-refractivity contribution in [2.45, 2.75) is 26.3 Å². The molecule has 0 aliphatic carbocycles. The van der Waals surface area contributed by atoms with Gasteiger partial charge in [-0.25, -0.2) is 0 Å². The average molecular weight is 335 g/mol. The number of anilines is 1. The summed E-state index contributed by atoms with van der Waals surface area (Å²) >= 11 is 0. The van der Waals surface area contributed by atoms with Crippen LogP contribution in [0, 0.1) is 22.7 Å². The van der Waals surface area contributed by atoms with Crippen LogP contribution in [0.25, 0.3) is 11.1 Å². The fourth-order valence-corrected chi connectivity index (χ4v) is 2.73. The molecular formula is C19H21N5O. The van der Waals surface area contributed by atoms with Crippen molar-refractivity contribution in [3.63, 3.8) is 0 Å². The predicted octanol–water partition coefficient (Wildman–Crippen LogP) is 2.60. The smallest absolute Gasteiger partial charge is 0.268 e. The van der Waals surface area contributed by atoms with E-state index in [0.717, 1.165) is 31.5 Å². The third-order valence-corrected chi connectivity index (χ3v) is 4.06. The van der Waals surface area contributed by atoms with Crippen LogP contribution in [-0.2, 0) is 6.54 Å². The van der Waals surface area contributed by atoms with Crippen LogP contribution < -0.4 is 11.3 Å². The lowest BCUT2D eigenvalue weighted by Crippen LogP contribution is -2.19. The lowest BCUT2D eigenvalue weighted by atomic mass is 9.96.